The lowest BCUT2D eigenvalue weighted by molar-refractivity contribution is 0.0240. The number of ether oxygens (including phenoxy) is 3. The molecular weight excluding hydrogens is 486 g/mol. The van der Waals surface area contributed by atoms with Crippen LogP contribution in [0.15, 0.2) is 53.3 Å². The Labute approximate surface area is 220 Å². The Morgan fingerprint density at radius 3 is 2.47 bits per heavy atom. The summed E-state index contributed by atoms with van der Waals surface area (Å²) in [6.07, 6.45) is -0.301. The van der Waals surface area contributed by atoms with Crippen molar-refractivity contribution < 1.29 is 19.0 Å². The van der Waals surface area contributed by atoms with Crippen LogP contribution in [-0.4, -0.2) is 71.9 Å². The van der Waals surface area contributed by atoms with E-state index in [-0.39, 0.29) is 18.4 Å². The number of nitrogens with one attached hydrogen (secondary N) is 1. The van der Waals surface area contributed by atoms with Crippen LogP contribution in [0.5, 0.6) is 5.75 Å². The van der Waals surface area contributed by atoms with Gasteiger partial charge >= 0.3 is 6.09 Å². The van der Waals surface area contributed by atoms with Gasteiger partial charge < -0.3 is 29.0 Å². The van der Waals surface area contributed by atoms with Crippen molar-refractivity contribution in [3.63, 3.8) is 0 Å². The Morgan fingerprint density at radius 2 is 1.74 bits per heavy atom. The van der Waals surface area contributed by atoms with E-state index in [1.54, 1.807) is 12.0 Å². The van der Waals surface area contributed by atoms with E-state index in [4.69, 9.17) is 14.2 Å². The summed E-state index contributed by atoms with van der Waals surface area (Å²) in [6.45, 7) is 8.08. The van der Waals surface area contributed by atoms with E-state index in [9.17, 15) is 9.59 Å². The number of H-pyrrole nitrogens is 1. The average molecular weight is 518 g/mol. The maximum absolute atomic E-state index is 13.0. The molecule has 2 aromatic heterocycles. The quantitative estimate of drug-likeness (QED) is 0.310. The maximum atomic E-state index is 13.0. The van der Waals surface area contributed by atoms with Crippen LogP contribution >= 0.6 is 0 Å². The van der Waals surface area contributed by atoms with Crippen LogP contribution in [0.3, 0.4) is 0 Å². The molecule has 1 amide bonds. The molecule has 10 heteroatoms. The Morgan fingerprint density at radius 1 is 0.974 bits per heavy atom. The van der Waals surface area contributed by atoms with Crippen molar-refractivity contribution in [3.05, 3.63) is 58.9 Å². The number of pyridine rings is 1. The molecule has 1 fully saturated rings. The lowest BCUT2D eigenvalue weighted by Crippen LogP contribution is -2.50. The molecule has 0 aliphatic carbocycles. The fourth-order valence-electron chi connectivity index (χ4n) is 4.55. The van der Waals surface area contributed by atoms with Crippen LogP contribution < -0.4 is 15.2 Å². The van der Waals surface area contributed by atoms with Crippen LogP contribution in [0, 0.1) is 0 Å². The normalized spacial score (nSPS) is 14.2. The molecule has 38 heavy (non-hydrogen) atoms. The fourth-order valence-corrected chi connectivity index (χ4v) is 4.55. The molecule has 198 valence electrons. The summed E-state index contributed by atoms with van der Waals surface area (Å²) in [4.78, 5) is 32.2. The number of benzene rings is 2. The van der Waals surface area contributed by atoms with Crippen molar-refractivity contribution in [2.75, 3.05) is 45.0 Å². The van der Waals surface area contributed by atoms with Crippen LogP contribution in [0.2, 0.25) is 0 Å². The van der Waals surface area contributed by atoms with Crippen LogP contribution in [0.4, 0.5) is 10.5 Å². The van der Waals surface area contributed by atoms with Crippen LogP contribution in [-0.2, 0) is 9.47 Å². The van der Waals surface area contributed by atoms with Gasteiger partial charge in [-0.15, -0.1) is 10.2 Å². The molecule has 0 radical (unpaired) electrons. The molecule has 2 aromatic carbocycles. The summed E-state index contributed by atoms with van der Waals surface area (Å²) in [5.41, 5.74) is 1.98. The summed E-state index contributed by atoms with van der Waals surface area (Å²) in [5.74, 6) is 0.629. The van der Waals surface area contributed by atoms with Crippen molar-refractivity contribution in [1.82, 2.24) is 20.1 Å². The minimum Gasteiger partial charge on any atom is -0.467 e. The van der Waals surface area contributed by atoms with E-state index < -0.39 is 5.60 Å². The van der Waals surface area contributed by atoms with Gasteiger partial charge in [-0.05, 0) is 56.5 Å². The number of aromatic amines is 1. The largest absolute Gasteiger partial charge is 0.467 e. The number of nitrogens with zero attached hydrogens (tertiary/aromatic N) is 4. The van der Waals surface area contributed by atoms with Crippen molar-refractivity contribution >= 4 is 33.6 Å². The molecule has 5 rings (SSSR count). The molecule has 0 atom stereocenters. The van der Waals surface area contributed by atoms with Gasteiger partial charge in [-0.2, -0.15) is 0 Å². The lowest BCUT2D eigenvalue weighted by Gasteiger charge is -2.36. The molecule has 0 unspecified atom stereocenters. The topological polar surface area (TPSA) is 110 Å². The first-order valence-electron chi connectivity index (χ1n) is 12.5. The predicted octanol–water partition coefficient (Wildman–Crippen LogP) is 4.18. The maximum Gasteiger partial charge on any atom is 0.410 e. The summed E-state index contributed by atoms with van der Waals surface area (Å²) in [7, 11) is 1.57. The van der Waals surface area contributed by atoms with E-state index >= 15 is 0 Å². The monoisotopic (exact) mass is 517 g/mol. The Bertz CT molecular complexity index is 1540. The van der Waals surface area contributed by atoms with Gasteiger partial charge in [-0.1, -0.05) is 18.2 Å². The highest BCUT2D eigenvalue weighted by Gasteiger charge is 2.26. The average Bonchev–Trinajstić information content (AvgIpc) is 2.91. The first-order chi connectivity index (χ1) is 18.2. The van der Waals surface area contributed by atoms with Gasteiger partial charge in [0.2, 0.25) is 0 Å². The number of hydrogen-bond acceptors (Lipinski definition) is 8. The Kier molecular flexibility index (Phi) is 6.90. The number of aromatic nitrogens is 3. The zero-order chi connectivity index (χ0) is 26.9. The van der Waals surface area contributed by atoms with Gasteiger partial charge in [0, 0.05) is 55.3 Å². The van der Waals surface area contributed by atoms with Crippen molar-refractivity contribution in [3.8, 4) is 17.0 Å². The molecule has 0 spiro atoms. The minimum atomic E-state index is -0.528. The van der Waals surface area contributed by atoms with Gasteiger partial charge in [-0.25, -0.2) is 4.79 Å². The highest BCUT2D eigenvalue weighted by atomic mass is 16.7. The SMILES string of the molecule is COCOc1ccccc1-c1cc2c(nn1)[nH]c(=O)c1cc(N3CCN(C(=O)OC(C)(C)C)CC3)ccc12. The second kappa shape index (κ2) is 10.3. The summed E-state index contributed by atoms with van der Waals surface area (Å²) < 4.78 is 16.2. The third kappa shape index (κ3) is 5.26. The number of para-hydroxylation sites is 1. The Balaban J connectivity index is 1.44. The van der Waals surface area contributed by atoms with Crippen molar-refractivity contribution in [2.45, 2.75) is 26.4 Å². The third-order valence-electron chi connectivity index (χ3n) is 6.36. The summed E-state index contributed by atoms with van der Waals surface area (Å²) in [5, 5.41) is 10.8. The van der Waals surface area contributed by atoms with E-state index in [1.807, 2.05) is 69.3 Å². The molecule has 1 aliphatic heterocycles. The summed E-state index contributed by atoms with van der Waals surface area (Å²) in [6, 6.07) is 15.3. The van der Waals surface area contributed by atoms with Crippen molar-refractivity contribution in [1.29, 1.82) is 0 Å². The fraction of sp³-hybridized carbons (Fsp3) is 0.357. The first-order valence-corrected chi connectivity index (χ1v) is 12.5. The van der Waals surface area contributed by atoms with E-state index in [1.165, 1.54) is 0 Å². The van der Waals surface area contributed by atoms with Gasteiger partial charge in [-0.3, -0.25) is 4.79 Å². The molecule has 3 heterocycles. The summed E-state index contributed by atoms with van der Waals surface area (Å²) >= 11 is 0. The number of carbonyl (C=O) groups is 1. The zero-order valence-electron chi connectivity index (χ0n) is 22.0. The number of piperazine rings is 1. The molecule has 10 nitrogen and oxygen atoms in total. The van der Waals surface area contributed by atoms with Gasteiger partial charge in [0.15, 0.2) is 12.4 Å². The number of carbonyl (C=O) groups excluding carboxylic acids is 1. The zero-order valence-corrected chi connectivity index (χ0v) is 22.0. The van der Waals surface area contributed by atoms with E-state index in [2.05, 4.69) is 20.1 Å². The minimum absolute atomic E-state index is 0.114. The van der Waals surface area contributed by atoms with Gasteiger partial charge in [0.1, 0.15) is 11.4 Å². The number of anilines is 1. The molecule has 0 saturated carbocycles. The lowest BCUT2D eigenvalue weighted by atomic mass is 10.0. The highest BCUT2D eigenvalue weighted by Crippen LogP contribution is 2.32. The third-order valence-corrected chi connectivity index (χ3v) is 6.36. The number of fused-ring (bicyclic) bond motifs is 3. The highest BCUT2D eigenvalue weighted by molar-refractivity contribution is 6.05. The first kappa shape index (κ1) is 25.5. The van der Waals surface area contributed by atoms with Gasteiger partial charge in [0.25, 0.3) is 5.56 Å². The molecular formula is C28H31N5O5. The Hall–Kier alpha value is -4.18. The van der Waals surface area contributed by atoms with Crippen LogP contribution in [0.25, 0.3) is 33.1 Å². The van der Waals surface area contributed by atoms with E-state index in [0.29, 0.717) is 48.7 Å². The van der Waals surface area contributed by atoms with E-state index in [0.717, 1.165) is 22.0 Å². The van der Waals surface area contributed by atoms with Crippen LogP contribution in [0.1, 0.15) is 20.8 Å². The molecule has 4 aromatic rings. The number of rotatable bonds is 5. The number of amides is 1. The number of methoxy groups -OCH3 is 1. The molecule has 1 saturated heterocycles. The second-order valence-electron chi connectivity index (χ2n) is 10.2. The smallest absolute Gasteiger partial charge is 0.410 e. The van der Waals surface area contributed by atoms with Crippen molar-refractivity contribution in [2.24, 2.45) is 0 Å². The number of hydrogen-bond donors (Lipinski definition) is 1. The van der Waals surface area contributed by atoms with Gasteiger partial charge in [0.05, 0.1) is 5.69 Å². The standard InChI is InChI=1S/C28H31N5O5/c1-28(2,3)38-27(35)33-13-11-32(12-14-33)18-9-10-19-21-16-23(20-7-5-6-8-24(20)37-17-36-4)30-31-25(21)29-26(34)22(19)15-18/h5-10,15-16H,11-14,17H2,1-4H3,(H,29,31,34). The predicted molar refractivity (Wildman–Crippen MR) is 146 cm³/mol. The molecule has 1 N–H and O–H groups in total. The molecule has 0 bridgehead atoms. The molecule has 1 aliphatic rings. The second-order valence-corrected chi connectivity index (χ2v) is 10.2.